The fourth-order valence-electron chi connectivity index (χ4n) is 1.88. The number of ether oxygens (including phenoxy) is 1. The first-order valence-corrected chi connectivity index (χ1v) is 7.63. The van der Waals surface area contributed by atoms with Gasteiger partial charge in [-0.1, -0.05) is 11.2 Å². The second-order valence-electron chi connectivity index (χ2n) is 4.32. The lowest BCUT2D eigenvalue weighted by atomic mass is 10.2. The van der Waals surface area contributed by atoms with E-state index in [9.17, 15) is 13.5 Å². The molecule has 0 aliphatic carbocycles. The van der Waals surface area contributed by atoms with Crippen LogP contribution in [-0.4, -0.2) is 20.6 Å². The summed E-state index contributed by atoms with van der Waals surface area (Å²) in [6.45, 7) is 0. The molecule has 0 radical (unpaired) electrons. The average Bonchev–Trinajstić information content (AvgIpc) is 2.55. The zero-order chi connectivity index (χ0) is 17.0. The second-order valence-corrected chi connectivity index (χ2v) is 6.27. The number of hydrogen-bond acceptors (Lipinski definition) is 6. The average molecular weight is 330 g/mol. The molecule has 8 nitrogen and oxygen atoms in total. The molecule has 0 aromatic heterocycles. The van der Waals surface area contributed by atoms with E-state index in [0.717, 1.165) is 12.1 Å². The van der Waals surface area contributed by atoms with Crippen molar-refractivity contribution >= 4 is 15.5 Å². The summed E-state index contributed by atoms with van der Waals surface area (Å²) in [7, 11) is -2.61. The number of phenols is 1. The van der Waals surface area contributed by atoms with Crippen LogP contribution in [0.25, 0.3) is 10.4 Å². The van der Waals surface area contributed by atoms with E-state index in [-0.39, 0.29) is 32.5 Å². The highest BCUT2D eigenvalue weighted by molar-refractivity contribution is 7.91. The van der Waals surface area contributed by atoms with Crippen LogP contribution in [0.2, 0.25) is 0 Å². The number of phenolic OH excluding ortho intramolecular Hbond substituents is 1. The van der Waals surface area contributed by atoms with Crippen LogP contribution in [-0.2, 0) is 9.84 Å². The van der Waals surface area contributed by atoms with Crippen molar-refractivity contribution in [3.05, 3.63) is 52.4 Å². The summed E-state index contributed by atoms with van der Waals surface area (Å²) < 4.78 is 30.0. The summed E-state index contributed by atoms with van der Waals surface area (Å²) in [5, 5.41) is 22.1. The molecule has 0 aliphatic heterocycles. The third-order valence-corrected chi connectivity index (χ3v) is 4.76. The maximum absolute atomic E-state index is 12.6. The highest BCUT2D eigenvalue weighted by atomic mass is 32.2. The van der Waals surface area contributed by atoms with Crippen LogP contribution in [0.1, 0.15) is 5.56 Å². The van der Waals surface area contributed by atoms with E-state index in [1.54, 1.807) is 6.07 Å². The lowest BCUT2D eigenvalue weighted by molar-refractivity contribution is 0.372. The van der Waals surface area contributed by atoms with Gasteiger partial charge in [0.15, 0.2) is 11.5 Å². The van der Waals surface area contributed by atoms with Crippen molar-refractivity contribution in [2.75, 3.05) is 7.11 Å². The molecular formula is C14H10N4O4S. The van der Waals surface area contributed by atoms with Crippen LogP contribution in [0.5, 0.6) is 11.5 Å². The van der Waals surface area contributed by atoms with Gasteiger partial charge in [-0.2, -0.15) is 5.26 Å². The fraction of sp³-hybridized carbons (Fsp3) is 0.0714. The number of benzene rings is 2. The molecule has 116 valence electrons. The van der Waals surface area contributed by atoms with Gasteiger partial charge in [-0.15, -0.1) is 0 Å². The number of methoxy groups -OCH3 is 1. The van der Waals surface area contributed by atoms with Crippen LogP contribution in [0.3, 0.4) is 0 Å². The van der Waals surface area contributed by atoms with Gasteiger partial charge in [0.05, 0.1) is 34.2 Å². The standard InChI is InChI=1S/C14H10N4O4S/c1-22-14-5-3-11(7-13(14)19)23(20,21)10-2-4-12(17-18-16)9(6-10)8-15/h2-7,19H,1H3. The molecule has 0 atom stereocenters. The van der Waals surface area contributed by atoms with E-state index < -0.39 is 9.84 Å². The molecule has 1 N–H and O–H groups in total. The maximum atomic E-state index is 12.6. The van der Waals surface area contributed by atoms with E-state index in [2.05, 4.69) is 10.0 Å². The molecule has 2 aromatic rings. The van der Waals surface area contributed by atoms with Crippen molar-refractivity contribution < 1.29 is 18.3 Å². The van der Waals surface area contributed by atoms with E-state index in [1.165, 1.54) is 31.4 Å². The van der Waals surface area contributed by atoms with Crippen LogP contribution in [0, 0.1) is 11.3 Å². The molecule has 0 aliphatic rings. The summed E-state index contributed by atoms with van der Waals surface area (Å²) in [5.74, 6) is -0.180. The van der Waals surface area contributed by atoms with Crippen molar-refractivity contribution in [3.8, 4) is 17.6 Å². The van der Waals surface area contributed by atoms with Crippen LogP contribution in [0.15, 0.2) is 51.3 Å². The number of azide groups is 1. The third kappa shape index (κ3) is 3.03. The van der Waals surface area contributed by atoms with E-state index >= 15 is 0 Å². The molecule has 0 spiro atoms. The monoisotopic (exact) mass is 330 g/mol. The first-order valence-electron chi connectivity index (χ1n) is 6.15. The first-order chi connectivity index (χ1) is 10.9. The molecule has 0 saturated carbocycles. The third-order valence-electron chi connectivity index (χ3n) is 3.01. The van der Waals surface area contributed by atoms with Crippen molar-refractivity contribution in [3.63, 3.8) is 0 Å². The first kappa shape index (κ1) is 16.2. The topological polar surface area (TPSA) is 136 Å². The van der Waals surface area contributed by atoms with Gasteiger partial charge < -0.3 is 9.84 Å². The summed E-state index contributed by atoms with van der Waals surface area (Å²) >= 11 is 0. The number of nitriles is 1. The zero-order valence-electron chi connectivity index (χ0n) is 11.8. The van der Waals surface area contributed by atoms with Crippen LogP contribution >= 0.6 is 0 Å². The lowest BCUT2D eigenvalue weighted by Gasteiger charge is -2.08. The van der Waals surface area contributed by atoms with Gasteiger partial charge in [-0.25, -0.2) is 8.42 Å². The molecule has 0 bridgehead atoms. The number of rotatable bonds is 4. The Bertz CT molecular complexity index is 957. The Hall–Kier alpha value is -3.21. The molecular weight excluding hydrogens is 320 g/mol. The SMILES string of the molecule is COc1ccc(S(=O)(=O)c2ccc(N=[N+]=[N-])c(C#N)c2)cc1O. The molecule has 9 heteroatoms. The fourth-order valence-corrected chi connectivity index (χ4v) is 3.19. The summed E-state index contributed by atoms with van der Waals surface area (Å²) in [6.07, 6.45) is 0. The largest absolute Gasteiger partial charge is 0.504 e. The van der Waals surface area contributed by atoms with Crippen molar-refractivity contribution in [2.24, 2.45) is 5.11 Å². The summed E-state index contributed by atoms with van der Waals surface area (Å²) in [6, 6.07) is 9.01. The summed E-state index contributed by atoms with van der Waals surface area (Å²) in [4.78, 5) is 2.26. The highest BCUT2D eigenvalue weighted by Crippen LogP contribution is 2.32. The molecule has 0 fully saturated rings. The van der Waals surface area contributed by atoms with E-state index in [0.29, 0.717) is 0 Å². The van der Waals surface area contributed by atoms with E-state index in [4.69, 9.17) is 15.5 Å². The molecule has 0 unspecified atom stereocenters. The van der Waals surface area contributed by atoms with E-state index in [1.807, 2.05) is 0 Å². The molecule has 2 aromatic carbocycles. The van der Waals surface area contributed by atoms with Gasteiger partial charge in [0.25, 0.3) is 0 Å². The quantitative estimate of drug-likeness (QED) is 0.522. The Morgan fingerprint density at radius 3 is 2.48 bits per heavy atom. The van der Waals surface area contributed by atoms with Crippen molar-refractivity contribution in [2.45, 2.75) is 9.79 Å². The Morgan fingerprint density at radius 1 is 1.26 bits per heavy atom. The second kappa shape index (κ2) is 6.27. The Kier molecular flexibility index (Phi) is 4.41. The smallest absolute Gasteiger partial charge is 0.206 e. The number of hydrogen-bond donors (Lipinski definition) is 1. The Labute approximate surface area is 131 Å². The molecule has 0 heterocycles. The minimum atomic E-state index is -3.95. The van der Waals surface area contributed by atoms with Gasteiger partial charge >= 0.3 is 0 Å². The number of sulfone groups is 1. The van der Waals surface area contributed by atoms with Gasteiger partial charge in [-0.05, 0) is 29.8 Å². The predicted molar refractivity (Wildman–Crippen MR) is 80.1 cm³/mol. The Balaban J connectivity index is 2.58. The molecule has 0 saturated heterocycles. The predicted octanol–water partition coefficient (Wildman–Crippen LogP) is 3.05. The number of aromatic hydroxyl groups is 1. The summed E-state index contributed by atoms with van der Waals surface area (Å²) in [5.41, 5.74) is 8.38. The minimum absolute atomic E-state index is 0.0338. The molecule has 0 amide bonds. The minimum Gasteiger partial charge on any atom is -0.504 e. The van der Waals surface area contributed by atoms with Crippen LogP contribution < -0.4 is 4.74 Å². The zero-order valence-corrected chi connectivity index (χ0v) is 12.6. The Morgan fingerprint density at radius 2 is 1.91 bits per heavy atom. The van der Waals surface area contributed by atoms with Gasteiger partial charge in [0.1, 0.15) is 0 Å². The maximum Gasteiger partial charge on any atom is 0.206 e. The van der Waals surface area contributed by atoms with Crippen molar-refractivity contribution in [1.29, 1.82) is 5.26 Å². The van der Waals surface area contributed by atoms with Crippen LogP contribution in [0.4, 0.5) is 5.69 Å². The van der Waals surface area contributed by atoms with Crippen molar-refractivity contribution in [1.82, 2.24) is 0 Å². The van der Waals surface area contributed by atoms with Gasteiger partial charge in [-0.3, -0.25) is 0 Å². The normalized spacial score (nSPS) is 10.4. The van der Waals surface area contributed by atoms with Gasteiger partial charge in [0.2, 0.25) is 9.84 Å². The number of nitrogens with zero attached hydrogens (tertiary/aromatic N) is 4. The molecule has 2 rings (SSSR count). The highest BCUT2D eigenvalue weighted by Gasteiger charge is 2.20. The molecule has 23 heavy (non-hydrogen) atoms. The lowest BCUT2D eigenvalue weighted by Crippen LogP contribution is -2.02. The van der Waals surface area contributed by atoms with Gasteiger partial charge in [0, 0.05) is 11.0 Å².